The first kappa shape index (κ1) is 14.8. The number of carbonyl (C=O) groups excluding carboxylic acids is 1. The number of nitrogens with zero attached hydrogens (tertiary/aromatic N) is 1. The fourth-order valence-electron chi connectivity index (χ4n) is 1.98. The summed E-state index contributed by atoms with van der Waals surface area (Å²) in [5.74, 6) is -2.11. The van der Waals surface area contributed by atoms with E-state index >= 15 is 0 Å². The highest BCUT2D eigenvalue weighted by Gasteiger charge is 2.19. The molecule has 7 heteroatoms. The Kier molecular flexibility index (Phi) is 4.09. The third kappa shape index (κ3) is 2.95. The molecule has 0 spiro atoms. The van der Waals surface area contributed by atoms with Gasteiger partial charge in [0.05, 0.1) is 10.6 Å². The van der Waals surface area contributed by atoms with Crippen molar-refractivity contribution in [3.8, 4) is 0 Å². The van der Waals surface area contributed by atoms with E-state index in [0.29, 0.717) is 0 Å². The summed E-state index contributed by atoms with van der Waals surface area (Å²) < 4.78 is 1.15. The molecule has 1 heterocycles. The standard InChI is InChI=1S/C14H12ClN3O3/c15-10-6-9(13(17)19)12(16)18(11(10)14(20)21)7-8-4-2-1-3-5-8/h1-6,16H,7H2,(H2,17,19)(H,20,21). The normalized spacial score (nSPS) is 10.3. The number of carbonyl (C=O) groups is 2. The second kappa shape index (κ2) is 5.80. The van der Waals surface area contributed by atoms with Gasteiger partial charge >= 0.3 is 5.97 Å². The first-order valence-corrected chi connectivity index (χ1v) is 6.34. The van der Waals surface area contributed by atoms with Crippen molar-refractivity contribution in [1.29, 1.82) is 5.41 Å². The van der Waals surface area contributed by atoms with Gasteiger partial charge in [0, 0.05) is 6.54 Å². The van der Waals surface area contributed by atoms with Crippen molar-refractivity contribution in [1.82, 2.24) is 4.57 Å². The van der Waals surface area contributed by atoms with Crippen LogP contribution in [0, 0.1) is 5.41 Å². The van der Waals surface area contributed by atoms with Crippen LogP contribution in [-0.4, -0.2) is 21.6 Å². The molecule has 0 fully saturated rings. The van der Waals surface area contributed by atoms with E-state index in [0.717, 1.165) is 16.2 Å². The van der Waals surface area contributed by atoms with Crippen molar-refractivity contribution >= 4 is 23.5 Å². The fraction of sp³-hybridized carbons (Fsp3) is 0.0714. The van der Waals surface area contributed by atoms with Gasteiger partial charge in [0.2, 0.25) is 0 Å². The predicted octanol–water partition coefficient (Wildman–Crippen LogP) is 1.47. The van der Waals surface area contributed by atoms with E-state index in [-0.39, 0.29) is 28.3 Å². The number of nitrogens with one attached hydrogen (secondary N) is 1. The van der Waals surface area contributed by atoms with Crippen LogP contribution in [-0.2, 0) is 6.54 Å². The number of benzene rings is 1. The highest BCUT2D eigenvalue weighted by Crippen LogP contribution is 2.17. The van der Waals surface area contributed by atoms with Crippen LogP contribution in [0.4, 0.5) is 0 Å². The van der Waals surface area contributed by atoms with Crippen LogP contribution in [0.25, 0.3) is 0 Å². The van der Waals surface area contributed by atoms with E-state index in [1.807, 2.05) is 6.07 Å². The molecule has 1 aromatic heterocycles. The Morgan fingerprint density at radius 3 is 2.43 bits per heavy atom. The molecule has 0 atom stereocenters. The van der Waals surface area contributed by atoms with Crippen molar-refractivity contribution in [3.05, 3.63) is 63.7 Å². The van der Waals surface area contributed by atoms with Gasteiger partial charge in [-0.15, -0.1) is 0 Å². The van der Waals surface area contributed by atoms with Gasteiger partial charge in [-0.25, -0.2) is 4.79 Å². The Bertz CT molecular complexity index is 769. The number of amides is 1. The van der Waals surface area contributed by atoms with Crippen LogP contribution < -0.4 is 11.2 Å². The predicted molar refractivity (Wildman–Crippen MR) is 76.3 cm³/mol. The van der Waals surface area contributed by atoms with Crippen LogP contribution in [0.3, 0.4) is 0 Å². The van der Waals surface area contributed by atoms with E-state index in [4.69, 9.17) is 22.7 Å². The molecule has 0 aliphatic carbocycles. The maximum absolute atomic E-state index is 11.4. The zero-order valence-corrected chi connectivity index (χ0v) is 11.6. The topological polar surface area (TPSA) is 109 Å². The number of nitrogens with two attached hydrogens (primary N) is 1. The molecule has 0 saturated carbocycles. The smallest absolute Gasteiger partial charge is 0.354 e. The number of carboxylic acid groups (broad SMARTS) is 1. The second-order valence-electron chi connectivity index (χ2n) is 4.34. The molecule has 4 N–H and O–H groups in total. The molecule has 0 aliphatic heterocycles. The molecule has 0 aliphatic rings. The van der Waals surface area contributed by atoms with Crippen molar-refractivity contribution in [2.45, 2.75) is 6.54 Å². The maximum Gasteiger partial charge on any atom is 0.354 e. The van der Waals surface area contributed by atoms with E-state index in [9.17, 15) is 14.7 Å². The SMILES string of the molecule is N=c1c(C(N)=O)cc(Cl)c(C(=O)O)n1Cc1ccccc1. The first-order chi connectivity index (χ1) is 9.91. The van der Waals surface area contributed by atoms with Gasteiger partial charge in [-0.1, -0.05) is 41.9 Å². The summed E-state index contributed by atoms with van der Waals surface area (Å²) in [4.78, 5) is 22.7. The molecule has 0 radical (unpaired) electrons. The lowest BCUT2D eigenvalue weighted by molar-refractivity contribution is 0.0683. The van der Waals surface area contributed by atoms with E-state index in [1.165, 1.54) is 0 Å². The molecular formula is C14H12ClN3O3. The van der Waals surface area contributed by atoms with Crippen molar-refractivity contribution < 1.29 is 14.7 Å². The van der Waals surface area contributed by atoms with Gasteiger partial charge in [0.1, 0.15) is 11.2 Å². The van der Waals surface area contributed by atoms with Crippen LogP contribution in [0.1, 0.15) is 26.4 Å². The Morgan fingerprint density at radius 1 is 1.29 bits per heavy atom. The van der Waals surface area contributed by atoms with Gasteiger partial charge in [-0.3, -0.25) is 10.2 Å². The minimum absolute atomic E-state index is 0.0994. The molecule has 1 aromatic carbocycles. The van der Waals surface area contributed by atoms with Crippen LogP contribution in [0.15, 0.2) is 36.4 Å². The molecular weight excluding hydrogens is 294 g/mol. The molecule has 21 heavy (non-hydrogen) atoms. The quantitative estimate of drug-likeness (QED) is 0.795. The summed E-state index contributed by atoms with van der Waals surface area (Å²) in [6, 6.07) is 10.1. The monoisotopic (exact) mass is 305 g/mol. The molecule has 0 saturated heterocycles. The van der Waals surface area contributed by atoms with Crippen molar-refractivity contribution in [2.75, 3.05) is 0 Å². The Labute approximate surface area is 124 Å². The van der Waals surface area contributed by atoms with E-state index in [2.05, 4.69) is 0 Å². The van der Waals surface area contributed by atoms with Gasteiger partial charge in [0.25, 0.3) is 5.91 Å². The number of hydrogen-bond donors (Lipinski definition) is 3. The lowest BCUT2D eigenvalue weighted by atomic mass is 10.1. The lowest BCUT2D eigenvalue weighted by Crippen LogP contribution is -2.33. The molecule has 2 aromatic rings. The largest absolute Gasteiger partial charge is 0.477 e. The highest BCUT2D eigenvalue weighted by atomic mass is 35.5. The molecule has 2 rings (SSSR count). The minimum Gasteiger partial charge on any atom is -0.477 e. The Morgan fingerprint density at radius 2 is 1.90 bits per heavy atom. The summed E-state index contributed by atoms with van der Waals surface area (Å²) in [5.41, 5.74) is 5.31. The second-order valence-corrected chi connectivity index (χ2v) is 4.75. The van der Waals surface area contributed by atoms with E-state index in [1.54, 1.807) is 24.3 Å². The third-order valence-corrected chi connectivity index (χ3v) is 3.23. The van der Waals surface area contributed by atoms with Crippen LogP contribution in [0.2, 0.25) is 5.02 Å². The third-order valence-electron chi connectivity index (χ3n) is 2.94. The average Bonchev–Trinajstić information content (AvgIpc) is 2.43. The summed E-state index contributed by atoms with van der Waals surface area (Å²) in [6.07, 6.45) is 0. The van der Waals surface area contributed by atoms with Crippen molar-refractivity contribution in [2.24, 2.45) is 5.73 Å². The number of primary amides is 1. The lowest BCUT2D eigenvalue weighted by Gasteiger charge is -2.14. The molecule has 0 bridgehead atoms. The zero-order valence-electron chi connectivity index (χ0n) is 10.8. The summed E-state index contributed by atoms with van der Waals surface area (Å²) >= 11 is 5.92. The zero-order chi connectivity index (χ0) is 15.6. The summed E-state index contributed by atoms with van der Waals surface area (Å²) in [6.45, 7) is 0.0994. The average molecular weight is 306 g/mol. The van der Waals surface area contributed by atoms with Gasteiger partial charge in [0.15, 0.2) is 0 Å². The number of rotatable bonds is 4. The van der Waals surface area contributed by atoms with Crippen molar-refractivity contribution in [3.63, 3.8) is 0 Å². The summed E-state index contributed by atoms with van der Waals surface area (Å²) in [5, 5.41) is 17.1. The molecule has 6 nitrogen and oxygen atoms in total. The van der Waals surface area contributed by atoms with Crippen LogP contribution in [0.5, 0.6) is 0 Å². The number of aromatic carboxylic acids is 1. The van der Waals surface area contributed by atoms with Gasteiger partial charge < -0.3 is 15.4 Å². The molecule has 1 amide bonds. The molecule has 108 valence electrons. The minimum atomic E-state index is -1.28. The first-order valence-electron chi connectivity index (χ1n) is 5.96. The highest BCUT2D eigenvalue weighted by molar-refractivity contribution is 6.33. The summed E-state index contributed by atoms with van der Waals surface area (Å²) in [7, 11) is 0. The number of pyridine rings is 1. The van der Waals surface area contributed by atoms with Gasteiger partial charge in [-0.2, -0.15) is 0 Å². The Balaban J connectivity index is 2.69. The molecule has 0 unspecified atom stereocenters. The maximum atomic E-state index is 11.4. The number of halogens is 1. The Hall–Kier alpha value is -2.60. The van der Waals surface area contributed by atoms with Crippen LogP contribution >= 0.6 is 11.6 Å². The number of aromatic nitrogens is 1. The van der Waals surface area contributed by atoms with E-state index < -0.39 is 11.9 Å². The number of hydrogen-bond acceptors (Lipinski definition) is 3. The van der Waals surface area contributed by atoms with Gasteiger partial charge in [-0.05, 0) is 11.6 Å². The fourth-order valence-corrected chi connectivity index (χ4v) is 2.27. The number of carboxylic acids is 1.